The zero-order chi connectivity index (χ0) is 18.7. The van der Waals surface area contributed by atoms with Crippen molar-refractivity contribution in [2.75, 3.05) is 18.4 Å². The van der Waals surface area contributed by atoms with Gasteiger partial charge in [-0.2, -0.15) is 0 Å². The van der Waals surface area contributed by atoms with Crippen molar-refractivity contribution in [3.63, 3.8) is 0 Å². The number of benzene rings is 2. The van der Waals surface area contributed by atoms with Gasteiger partial charge in [0.2, 0.25) is 11.8 Å². The van der Waals surface area contributed by atoms with Crippen molar-refractivity contribution in [3.8, 4) is 0 Å². The normalized spacial score (nSPS) is 16.8. The molecule has 0 saturated carbocycles. The van der Waals surface area contributed by atoms with Crippen LogP contribution in [0.5, 0.6) is 0 Å². The van der Waals surface area contributed by atoms with Crippen molar-refractivity contribution in [3.05, 3.63) is 64.2 Å². The van der Waals surface area contributed by atoms with E-state index in [1.807, 2.05) is 56.3 Å². The molecule has 1 unspecified atom stereocenters. The van der Waals surface area contributed by atoms with Crippen molar-refractivity contribution >= 4 is 29.1 Å². The van der Waals surface area contributed by atoms with Crippen LogP contribution in [0.25, 0.3) is 0 Å². The summed E-state index contributed by atoms with van der Waals surface area (Å²) in [6.07, 6.45) is 1.05. The van der Waals surface area contributed by atoms with Gasteiger partial charge in [0.05, 0.1) is 16.6 Å². The van der Waals surface area contributed by atoms with Gasteiger partial charge < -0.3 is 10.2 Å². The van der Waals surface area contributed by atoms with E-state index in [-0.39, 0.29) is 24.2 Å². The summed E-state index contributed by atoms with van der Waals surface area (Å²) < 4.78 is 0. The zero-order valence-corrected chi connectivity index (χ0v) is 15.8. The van der Waals surface area contributed by atoms with E-state index < -0.39 is 0 Å². The first-order chi connectivity index (χ1) is 12.4. The van der Waals surface area contributed by atoms with Crippen LogP contribution in [0.4, 0.5) is 5.69 Å². The maximum absolute atomic E-state index is 12.6. The molecule has 136 valence electrons. The molecule has 0 aromatic heterocycles. The number of hydrogen-bond donors (Lipinski definition) is 1. The van der Waals surface area contributed by atoms with Crippen molar-refractivity contribution in [1.29, 1.82) is 0 Å². The number of carbonyl (C=O) groups excluding carboxylic acids is 2. The van der Waals surface area contributed by atoms with Crippen LogP contribution in [0, 0.1) is 19.8 Å². The molecule has 1 heterocycles. The summed E-state index contributed by atoms with van der Waals surface area (Å²) in [6, 6.07) is 13.9. The molecule has 0 radical (unpaired) electrons. The van der Waals surface area contributed by atoms with E-state index in [0.717, 1.165) is 17.5 Å². The molecule has 2 aromatic carbocycles. The van der Waals surface area contributed by atoms with Crippen molar-refractivity contribution < 1.29 is 9.59 Å². The summed E-state index contributed by atoms with van der Waals surface area (Å²) >= 11 is 6.27. The number of hydrogen-bond acceptors (Lipinski definition) is 2. The second-order valence-electron chi connectivity index (χ2n) is 6.90. The van der Waals surface area contributed by atoms with Crippen molar-refractivity contribution in [1.82, 2.24) is 4.90 Å². The number of likely N-dealkylation sites (tertiary alicyclic amines) is 1. The molecule has 2 aromatic rings. The van der Waals surface area contributed by atoms with Gasteiger partial charge in [-0.25, -0.2) is 0 Å². The molecule has 4 nitrogen and oxygen atoms in total. The number of rotatable bonds is 5. The number of carbonyl (C=O) groups is 2. The van der Waals surface area contributed by atoms with E-state index in [9.17, 15) is 9.59 Å². The summed E-state index contributed by atoms with van der Waals surface area (Å²) in [5.74, 6) is -0.447. The molecular weight excluding hydrogens is 348 g/mol. The molecule has 1 fully saturated rings. The lowest BCUT2D eigenvalue weighted by atomic mass is 10.1. The van der Waals surface area contributed by atoms with Crippen LogP contribution in [0.1, 0.15) is 23.1 Å². The molecule has 1 saturated heterocycles. The highest BCUT2D eigenvalue weighted by Gasteiger charge is 2.34. The lowest BCUT2D eigenvalue weighted by molar-refractivity contribution is -0.128. The second-order valence-corrected chi connectivity index (χ2v) is 7.31. The van der Waals surface area contributed by atoms with E-state index in [1.54, 1.807) is 4.90 Å². The van der Waals surface area contributed by atoms with Gasteiger partial charge >= 0.3 is 0 Å². The van der Waals surface area contributed by atoms with Gasteiger partial charge in [-0.3, -0.25) is 9.59 Å². The van der Waals surface area contributed by atoms with Crippen LogP contribution in [0.15, 0.2) is 42.5 Å². The minimum Gasteiger partial charge on any atom is -0.342 e. The summed E-state index contributed by atoms with van der Waals surface area (Å²) in [4.78, 5) is 26.7. The summed E-state index contributed by atoms with van der Waals surface area (Å²) in [6.45, 7) is 4.97. The standard InChI is InChI=1S/C21H23ClN2O2/c1-14-10-15(2)20(18(22)11-14)23-21(26)17-12-19(25)24(13-17)9-8-16-6-4-3-5-7-16/h3-7,10-11,17H,8-9,12-13H2,1-2H3,(H,23,26). The van der Waals surface area contributed by atoms with Gasteiger partial charge in [0.15, 0.2) is 0 Å². The van der Waals surface area contributed by atoms with E-state index in [2.05, 4.69) is 5.32 Å². The van der Waals surface area contributed by atoms with Crippen LogP contribution in [-0.2, 0) is 16.0 Å². The minimum atomic E-state index is -0.338. The van der Waals surface area contributed by atoms with Gasteiger partial charge in [0.25, 0.3) is 0 Å². The van der Waals surface area contributed by atoms with Gasteiger partial charge in [-0.1, -0.05) is 48.0 Å². The summed E-state index contributed by atoms with van der Waals surface area (Å²) in [7, 11) is 0. The molecule has 0 spiro atoms. The van der Waals surface area contributed by atoms with Gasteiger partial charge in [-0.05, 0) is 43.0 Å². The topological polar surface area (TPSA) is 49.4 Å². The minimum absolute atomic E-state index is 0.0350. The Morgan fingerprint density at radius 1 is 1.23 bits per heavy atom. The Balaban J connectivity index is 1.60. The molecule has 5 heteroatoms. The molecule has 26 heavy (non-hydrogen) atoms. The highest BCUT2D eigenvalue weighted by Crippen LogP contribution is 2.29. The second kappa shape index (κ2) is 7.92. The van der Waals surface area contributed by atoms with E-state index in [1.165, 1.54) is 5.56 Å². The molecule has 1 atom stereocenters. The van der Waals surface area contributed by atoms with Crippen LogP contribution < -0.4 is 5.32 Å². The largest absolute Gasteiger partial charge is 0.342 e. The Labute approximate surface area is 159 Å². The third-order valence-corrected chi connectivity index (χ3v) is 5.08. The van der Waals surface area contributed by atoms with E-state index in [4.69, 9.17) is 11.6 Å². The van der Waals surface area contributed by atoms with Crippen LogP contribution >= 0.6 is 11.6 Å². The van der Waals surface area contributed by atoms with Crippen molar-refractivity contribution in [2.45, 2.75) is 26.7 Å². The highest BCUT2D eigenvalue weighted by atomic mass is 35.5. The third kappa shape index (κ3) is 4.25. The maximum Gasteiger partial charge on any atom is 0.229 e. The van der Waals surface area contributed by atoms with Gasteiger partial charge in [0.1, 0.15) is 0 Å². The first kappa shape index (κ1) is 18.5. The number of nitrogens with one attached hydrogen (secondary N) is 1. The molecule has 1 aliphatic rings. The fourth-order valence-corrected chi connectivity index (χ4v) is 3.74. The Morgan fingerprint density at radius 2 is 1.96 bits per heavy atom. The smallest absolute Gasteiger partial charge is 0.229 e. The third-order valence-electron chi connectivity index (χ3n) is 4.78. The molecule has 1 N–H and O–H groups in total. The quantitative estimate of drug-likeness (QED) is 0.865. The molecular formula is C21H23ClN2O2. The fourth-order valence-electron chi connectivity index (χ4n) is 3.37. The fraction of sp³-hybridized carbons (Fsp3) is 0.333. The van der Waals surface area contributed by atoms with Gasteiger partial charge in [0, 0.05) is 19.5 Å². The Kier molecular flexibility index (Phi) is 5.62. The predicted octanol–water partition coefficient (Wildman–Crippen LogP) is 3.99. The molecule has 2 amide bonds. The molecule has 1 aliphatic heterocycles. The van der Waals surface area contributed by atoms with E-state index >= 15 is 0 Å². The number of halogens is 1. The number of amides is 2. The van der Waals surface area contributed by atoms with Gasteiger partial charge in [-0.15, -0.1) is 0 Å². The van der Waals surface area contributed by atoms with Crippen LogP contribution in [-0.4, -0.2) is 29.8 Å². The Bertz CT molecular complexity index is 797. The Morgan fingerprint density at radius 3 is 2.65 bits per heavy atom. The number of aryl methyl sites for hydroxylation is 2. The van der Waals surface area contributed by atoms with Crippen LogP contribution in [0.3, 0.4) is 0 Å². The first-order valence-corrected chi connectivity index (χ1v) is 9.21. The summed E-state index contributed by atoms with van der Waals surface area (Å²) in [5, 5.41) is 3.44. The molecule has 3 rings (SSSR count). The molecule has 0 bridgehead atoms. The first-order valence-electron chi connectivity index (χ1n) is 8.83. The van der Waals surface area contributed by atoms with Crippen LogP contribution in [0.2, 0.25) is 5.02 Å². The number of anilines is 1. The predicted molar refractivity (Wildman–Crippen MR) is 104 cm³/mol. The lowest BCUT2D eigenvalue weighted by Gasteiger charge is -2.17. The SMILES string of the molecule is Cc1cc(C)c(NC(=O)C2CC(=O)N(CCc3ccccc3)C2)c(Cl)c1. The average molecular weight is 371 g/mol. The summed E-state index contributed by atoms with van der Waals surface area (Å²) in [5.41, 5.74) is 3.80. The highest BCUT2D eigenvalue weighted by molar-refractivity contribution is 6.34. The van der Waals surface area contributed by atoms with Crippen molar-refractivity contribution in [2.24, 2.45) is 5.92 Å². The maximum atomic E-state index is 12.6. The number of nitrogens with zero attached hydrogens (tertiary/aromatic N) is 1. The average Bonchev–Trinajstić information content (AvgIpc) is 2.98. The monoisotopic (exact) mass is 370 g/mol. The lowest BCUT2D eigenvalue weighted by Crippen LogP contribution is -2.30. The zero-order valence-electron chi connectivity index (χ0n) is 15.1. The molecule has 0 aliphatic carbocycles. The Hall–Kier alpha value is -2.33. The van der Waals surface area contributed by atoms with E-state index in [0.29, 0.717) is 23.8 Å².